The number of esters is 1. The van der Waals surface area contributed by atoms with Crippen molar-refractivity contribution in [3.8, 4) is 0 Å². The van der Waals surface area contributed by atoms with E-state index in [1.807, 2.05) is 24.3 Å². The van der Waals surface area contributed by atoms with E-state index in [1.54, 1.807) is 32.3 Å². The molecule has 1 amide bonds. The van der Waals surface area contributed by atoms with E-state index in [9.17, 15) is 9.59 Å². The SMILES string of the molecule is CCOC(=O)C1=C(C)Nc2ccccc2N=C1NC(=O)C1CCN(c2ncccn2)CC1. The molecule has 0 saturated carbocycles. The predicted octanol–water partition coefficient (Wildman–Crippen LogP) is 2.80. The van der Waals surface area contributed by atoms with Gasteiger partial charge in [-0.2, -0.15) is 0 Å². The molecule has 1 fully saturated rings. The van der Waals surface area contributed by atoms with Crippen LogP contribution in [0, 0.1) is 5.92 Å². The zero-order valence-electron chi connectivity index (χ0n) is 18.2. The molecule has 0 unspecified atom stereocenters. The number of hydrogen-bond acceptors (Lipinski definition) is 8. The zero-order chi connectivity index (χ0) is 22.5. The first kappa shape index (κ1) is 21.5. The number of amidine groups is 1. The van der Waals surface area contributed by atoms with Crippen LogP contribution in [0.3, 0.4) is 0 Å². The van der Waals surface area contributed by atoms with Crippen molar-refractivity contribution in [2.75, 3.05) is 29.9 Å². The van der Waals surface area contributed by atoms with Crippen LogP contribution < -0.4 is 15.5 Å². The van der Waals surface area contributed by atoms with Gasteiger partial charge in [0.15, 0.2) is 0 Å². The summed E-state index contributed by atoms with van der Waals surface area (Å²) >= 11 is 0. The molecule has 1 aromatic carbocycles. The minimum atomic E-state index is -0.527. The number of anilines is 2. The molecule has 32 heavy (non-hydrogen) atoms. The number of ether oxygens (including phenoxy) is 1. The molecule has 0 radical (unpaired) electrons. The lowest BCUT2D eigenvalue weighted by Gasteiger charge is -2.31. The Kier molecular flexibility index (Phi) is 6.44. The van der Waals surface area contributed by atoms with E-state index in [-0.39, 0.29) is 29.8 Å². The summed E-state index contributed by atoms with van der Waals surface area (Å²) in [6.45, 7) is 5.10. The Morgan fingerprint density at radius 3 is 2.59 bits per heavy atom. The number of amides is 1. The molecular weight excluding hydrogens is 408 g/mol. The third-order valence-electron chi connectivity index (χ3n) is 5.49. The fourth-order valence-electron chi connectivity index (χ4n) is 3.85. The van der Waals surface area contributed by atoms with Crippen LogP contribution in [0.15, 0.2) is 59.0 Å². The minimum absolute atomic E-state index is 0.161. The van der Waals surface area contributed by atoms with Crippen LogP contribution in [-0.4, -0.2) is 47.4 Å². The lowest BCUT2D eigenvalue weighted by Crippen LogP contribution is -2.44. The first-order chi connectivity index (χ1) is 15.6. The van der Waals surface area contributed by atoms with Crippen molar-refractivity contribution in [1.29, 1.82) is 0 Å². The third kappa shape index (κ3) is 4.61. The molecule has 166 valence electrons. The topological polar surface area (TPSA) is 109 Å². The van der Waals surface area contributed by atoms with Crippen LogP contribution in [0.4, 0.5) is 17.3 Å². The number of para-hydroxylation sites is 2. The number of aliphatic imine (C=N–C) groups is 1. The molecule has 3 heterocycles. The molecule has 1 saturated heterocycles. The van der Waals surface area contributed by atoms with E-state index in [0.29, 0.717) is 43.3 Å². The van der Waals surface area contributed by atoms with Gasteiger partial charge in [-0.25, -0.2) is 19.8 Å². The molecule has 4 rings (SSSR count). The Hall–Kier alpha value is -3.75. The van der Waals surface area contributed by atoms with Gasteiger partial charge in [0.2, 0.25) is 11.9 Å². The quantitative estimate of drug-likeness (QED) is 0.712. The Balaban J connectivity index is 1.53. The highest BCUT2D eigenvalue weighted by Crippen LogP contribution is 2.30. The van der Waals surface area contributed by atoms with E-state index in [4.69, 9.17) is 4.74 Å². The van der Waals surface area contributed by atoms with E-state index < -0.39 is 5.97 Å². The van der Waals surface area contributed by atoms with Gasteiger partial charge in [0.05, 0.1) is 18.0 Å². The number of fused-ring (bicyclic) bond motifs is 1. The average Bonchev–Trinajstić information content (AvgIpc) is 2.95. The monoisotopic (exact) mass is 434 g/mol. The minimum Gasteiger partial charge on any atom is -0.462 e. The van der Waals surface area contributed by atoms with E-state index in [2.05, 4.69) is 30.5 Å². The molecule has 0 bridgehead atoms. The lowest BCUT2D eigenvalue weighted by atomic mass is 9.96. The molecule has 1 aromatic heterocycles. The number of carbonyl (C=O) groups excluding carboxylic acids is 2. The zero-order valence-corrected chi connectivity index (χ0v) is 18.2. The van der Waals surface area contributed by atoms with Gasteiger partial charge in [0.1, 0.15) is 11.4 Å². The van der Waals surface area contributed by atoms with E-state index in [1.165, 1.54) is 0 Å². The number of rotatable bonds is 4. The summed E-state index contributed by atoms with van der Waals surface area (Å²) in [4.78, 5) is 41.1. The van der Waals surface area contributed by atoms with Crippen molar-refractivity contribution in [2.45, 2.75) is 26.7 Å². The molecule has 9 heteroatoms. The lowest BCUT2D eigenvalue weighted by molar-refractivity contribution is -0.137. The highest BCUT2D eigenvalue weighted by molar-refractivity contribution is 6.24. The number of carbonyl (C=O) groups is 2. The summed E-state index contributed by atoms with van der Waals surface area (Å²) in [5.74, 6) is -0.0119. The molecule has 0 spiro atoms. The predicted molar refractivity (Wildman–Crippen MR) is 122 cm³/mol. The molecule has 0 atom stereocenters. The summed E-state index contributed by atoms with van der Waals surface area (Å²) in [5, 5.41) is 6.12. The Bertz CT molecular complexity index is 1060. The second kappa shape index (κ2) is 9.59. The van der Waals surface area contributed by atoms with Crippen LogP contribution >= 0.6 is 0 Å². The number of piperidine rings is 1. The third-order valence-corrected chi connectivity index (χ3v) is 5.49. The van der Waals surface area contributed by atoms with Crippen molar-refractivity contribution >= 4 is 35.0 Å². The van der Waals surface area contributed by atoms with Crippen molar-refractivity contribution in [2.24, 2.45) is 10.9 Å². The van der Waals surface area contributed by atoms with Gasteiger partial charge in [0.25, 0.3) is 0 Å². The standard InChI is InChI=1S/C23H26N6O3/c1-3-32-22(31)19-15(2)26-17-7-4-5-8-18(17)27-20(19)28-21(30)16-9-13-29(14-10-16)23-24-11-6-12-25-23/h4-8,11-12,16,26H,3,9-10,13-14H2,1-2H3,(H,27,28,30). The molecule has 9 nitrogen and oxygen atoms in total. The number of nitrogens with zero attached hydrogens (tertiary/aromatic N) is 4. The Morgan fingerprint density at radius 1 is 1.16 bits per heavy atom. The van der Waals surface area contributed by atoms with E-state index in [0.717, 1.165) is 5.69 Å². The average molecular weight is 435 g/mol. The highest BCUT2D eigenvalue weighted by atomic mass is 16.5. The summed E-state index contributed by atoms with van der Waals surface area (Å²) in [5.41, 5.74) is 2.19. The van der Waals surface area contributed by atoms with Gasteiger partial charge in [-0.05, 0) is 44.9 Å². The smallest absolute Gasteiger partial charge is 0.343 e. The van der Waals surface area contributed by atoms with E-state index >= 15 is 0 Å². The Labute approximate surface area is 186 Å². The number of aromatic nitrogens is 2. The van der Waals surface area contributed by atoms with Gasteiger partial charge < -0.3 is 20.3 Å². The molecular formula is C23H26N6O3. The van der Waals surface area contributed by atoms with Crippen molar-refractivity contribution < 1.29 is 14.3 Å². The van der Waals surface area contributed by atoms with Gasteiger partial charge in [-0.1, -0.05) is 12.1 Å². The second-order valence-corrected chi connectivity index (χ2v) is 7.62. The largest absolute Gasteiger partial charge is 0.462 e. The second-order valence-electron chi connectivity index (χ2n) is 7.62. The normalized spacial score (nSPS) is 16.4. The summed E-state index contributed by atoms with van der Waals surface area (Å²) in [6.07, 6.45) is 4.73. The first-order valence-electron chi connectivity index (χ1n) is 10.7. The van der Waals surface area contributed by atoms with Gasteiger partial charge in [-0.3, -0.25) is 4.79 Å². The van der Waals surface area contributed by atoms with Gasteiger partial charge >= 0.3 is 5.97 Å². The molecule has 2 N–H and O–H groups in total. The van der Waals surface area contributed by atoms with Crippen LogP contribution in [0.2, 0.25) is 0 Å². The van der Waals surface area contributed by atoms with Crippen molar-refractivity contribution in [3.63, 3.8) is 0 Å². The highest BCUT2D eigenvalue weighted by Gasteiger charge is 2.30. The first-order valence-corrected chi connectivity index (χ1v) is 10.7. The van der Waals surface area contributed by atoms with Gasteiger partial charge in [-0.15, -0.1) is 0 Å². The van der Waals surface area contributed by atoms with Crippen LogP contribution in [-0.2, 0) is 14.3 Å². The number of allylic oxidation sites excluding steroid dienone is 1. The van der Waals surface area contributed by atoms with Crippen molar-refractivity contribution in [1.82, 2.24) is 15.3 Å². The molecule has 2 aromatic rings. The summed E-state index contributed by atoms with van der Waals surface area (Å²) < 4.78 is 5.24. The van der Waals surface area contributed by atoms with Crippen LogP contribution in [0.5, 0.6) is 0 Å². The summed E-state index contributed by atoms with van der Waals surface area (Å²) in [7, 11) is 0. The number of benzene rings is 1. The summed E-state index contributed by atoms with van der Waals surface area (Å²) in [6, 6.07) is 9.22. The maximum absolute atomic E-state index is 13.1. The maximum atomic E-state index is 13.1. The molecule has 2 aliphatic heterocycles. The van der Waals surface area contributed by atoms with Crippen LogP contribution in [0.1, 0.15) is 26.7 Å². The fraction of sp³-hybridized carbons (Fsp3) is 0.348. The van der Waals surface area contributed by atoms with Gasteiger partial charge in [0, 0.05) is 37.1 Å². The van der Waals surface area contributed by atoms with Crippen LogP contribution in [0.25, 0.3) is 0 Å². The van der Waals surface area contributed by atoms with Crippen molar-refractivity contribution in [3.05, 3.63) is 54.0 Å². The molecule has 2 aliphatic rings. The fourth-order valence-corrected chi connectivity index (χ4v) is 3.85. The number of hydrogen-bond donors (Lipinski definition) is 2. The molecule has 0 aliphatic carbocycles. The Morgan fingerprint density at radius 2 is 1.88 bits per heavy atom. The number of nitrogens with one attached hydrogen (secondary N) is 2. The maximum Gasteiger partial charge on any atom is 0.343 e.